The molecule has 0 radical (unpaired) electrons. The summed E-state index contributed by atoms with van der Waals surface area (Å²) >= 11 is 0. The van der Waals surface area contributed by atoms with Gasteiger partial charge in [-0.1, -0.05) is 25.7 Å². The second kappa shape index (κ2) is 6.39. The molecule has 0 aromatic rings. The number of rotatable bonds is 6. The Kier molecular flexibility index (Phi) is 5.40. The molecular formula is C11H23NO. The summed E-state index contributed by atoms with van der Waals surface area (Å²) in [6.07, 6.45) is 6.99. The summed E-state index contributed by atoms with van der Waals surface area (Å²) in [6, 6.07) is 0. The van der Waals surface area contributed by atoms with Crippen LogP contribution in [-0.4, -0.2) is 27.3 Å². The predicted octanol–water partition coefficient (Wildman–Crippen LogP) is 2.05. The summed E-state index contributed by atoms with van der Waals surface area (Å²) in [7, 11) is 3.85. The molecule has 1 fully saturated rings. The second-order valence-electron chi connectivity index (χ2n) is 4.14. The average Bonchev–Trinajstić information content (AvgIpc) is 2.65. The van der Waals surface area contributed by atoms with Crippen LogP contribution in [-0.2, 0) is 4.74 Å². The third-order valence-corrected chi connectivity index (χ3v) is 3.23. The van der Waals surface area contributed by atoms with E-state index < -0.39 is 0 Å². The molecule has 2 heteroatoms. The van der Waals surface area contributed by atoms with Gasteiger partial charge >= 0.3 is 0 Å². The van der Waals surface area contributed by atoms with Gasteiger partial charge in [0.15, 0.2) is 0 Å². The fraction of sp³-hybridized carbons (Fsp3) is 1.00. The molecule has 0 amide bonds. The van der Waals surface area contributed by atoms with Crippen molar-refractivity contribution in [3.05, 3.63) is 0 Å². The molecule has 0 spiro atoms. The molecule has 0 aromatic carbocycles. The van der Waals surface area contributed by atoms with Crippen LogP contribution in [0.15, 0.2) is 0 Å². The van der Waals surface area contributed by atoms with E-state index in [-0.39, 0.29) is 0 Å². The van der Waals surface area contributed by atoms with Gasteiger partial charge in [0.2, 0.25) is 0 Å². The van der Waals surface area contributed by atoms with Crippen LogP contribution >= 0.6 is 0 Å². The lowest BCUT2D eigenvalue weighted by molar-refractivity contribution is 0.159. The number of methoxy groups -OCH3 is 1. The molecule has 1 atom stereocenters. The van der Waals surface area contributed by atoms with Crippen molar-refractivity contribution in [2.75, 3.05) is 27.3 Å². The fourth-order valence-corrected chi connectivity index (χ4v) is 2.46. The van der Waals surface area contributed by atoms with Crippen molar-refractivity contribution in [2.45, 2.75) is 32.1 Å². The highest BCUT2D eigenvalue weighted by Gasteiger charge is 2.23. The van der Waals surface area contributed by atoms with Gasteiger partial charge in [-0.3, -0.25) is 0 Å². The number of ether oxygens (including phenoxy) is 1. The molecule has 1 rings (SSSR count). The Morgan fingerprint density at radius 2 is 2.08 bits per heavy atom. The molecule has 78 valence electrons. The lowest BCUT2D eigenvalue weighted by atomic mass is 9.88. The monoisotopic (exact) mass is 185 g/mol. The topological polar surface area (TPSA) is 21.3 Å². The van der Waals surface area contributed by atoms with Crippen molar-refractivity contribution in [2.24, 2.45) is 11.8 Å². The zero-order valence-electron chi connectivity index (χ0n) is 9.01. The van der Waals surface area contributed by atoms with Crippen molar-refractivity contribution in [1.29, 1.82) is 0 Å². The summed E-state index contributed by atoms with van der Waals surface area (Å²) in [4.78, 5) is 0. The van der Waals surface area contributed by atoms with E-state index >= 15 is 0 Å². The third-order valence-electron chi connectivity index (χ3n) is 3.23. The first-order chi connectivity index (χ1) is 6.38. The first-order valence-corrected chi connectivity index (χ1v) is 5.52. The first kappa shape index (κ1) is 11.0. The summed E-state index contributed by atoms with van der Waals surface area (Å²) in [5.74, 6) is 1.80. The first-order valence-electron chi connectivity index (χ1n) is 5.52. The standard InChI is InChI=1S/C11H23NO/c1-12-9-11(7-8-13-2)10-5-3-4-6-10/h10-12H,3-9H2,1-2H3. The van der Waals surface area contributed by atoms with Crippen molar-refractivity contribution >= 4 is 0 Å². The maximum atomic E-state index is 5.15. The van der Waals surface area contributed by atoms with Crippen LogP contribution in [0.25, 0.3) is 0 Å². The number of hydrogen-bond donors (Lipinski definition) is 1. The van der Waals surface area contributed by atoms with Crippen molar-refractivity contribution < 1.29 is 4.74 Å². The minimum atomic E-state index is 0.840. The van der Waals surface area contributed by atoms with Gasteiger partial charge in [0.1, 0.15) is 0 Å². The van der Waals surface area contributed by atoms with Crippen LogP contribution in [0, 0.1) is 11.8 Å². The molecule has 1 N–H and O–H groups in total. The lowest BCUT2D eigenvalue weighted by Crippen LogP contribution is -2.25. The van der Waals surface area contributed by atoms with E-state index in [1.54, 1.807) is 7.11 Å². The van der Waals surface area contributed by atoms with E-state index in [0.29, 0.717) is 0 Å². The molecule has 0 aliphatic heterocycles. The maximum absolute atomic E-state index is 5.15. The van der Waals surface area contributed by atoms with Gasteiger partial charge in [-0.15, -0.1) is 0 Å². The van der Waals surface area contributed by atoms with Gasteiger partial charge < -0.3 is 10.1 Å². The Labute approximate surface area is 82.0 Å². The van der Waals surface area contributed by atoms with Crippen LogP contribution < -0.4 is 5.32 Å². The molecule has 1 unspecified atom stereocenters. The molecule has 0 aromatic heterocycles. The lowest BCUT2D eigenvalue weighted by Gasteiger charge is -2.22. The summed E-state index contributed by atoms with van der Waals surface area (Å²) in [5, 5.41) is 3.30. The second-order valence-corrected chi connectivity index (χ2v) is 4.14. The van der Waals surface area contributed by atoms with Gasteiger partial charge in [0.05, 0.1) is 0 Å². The smallest absolute Gasteiger partial charge is 0.0465 e. The Hall–Kier alpha value is -0.0800. The maximum Gasteiger partial charge on any atom is 0.0465 e. The SMILES string of the molecule is CNCC(CCOC)C1CCCC1. The Bertz CT molecular complexity index is 121. The molecule has 13 heavy (non-hydrogen) atoms. The van der Waals surface area contributed by atoms with Crippen LogP contribution in [0.5, 0.6) is 0 Å². The third kappa shape index (κ3) is 3.65. The van der Waals surface area contributed by atoms with Gasteiger partial charge in [-0.2, -0.15) is 0 Å². The highest BCUT2D eigenvalue weighted by Crippen LogP contribution is 2.32. The molecule has 0 saturated heterocycles. The molecule has 1 aliphatic carbocycles. The molecule has 0 heterocycles. The van der Waals surface area contributed by atoms with Crippen molar-refractivity contribution in [3.63, 3.8) is 0 Å². The molecule has 2 nitrogen and oxygen atoms in total. The highest BCUT2D eigenvalue weighted by molar-refractivity contribution is 4.76. The fourth-order valence-electron chi connectivity index (χ4n) is 2.46. The van der Waals surface area contributed by atoms with E-state index in [0.717, 1.165) is 25.0 Å². The van der Waals surface area contributed by atoms with Crippen molar-refractivity contribution in [1.82, 2.24) is 5.32 Å². The van der Waals surface area contributed by atoms with Gasteiger partial charge in [-0.25, -0.2) is 0 Å². The van der Waals surface area contributed by atoms with Crippen LogP contribution in [0.3, 0.4) is 0 Å². The van der Waals surface area contributed by atoms with Gasteiger partial charge in [0.25, 0.3) is 0 Å². The highest BCUT2D eigenvalue weighted by atomic mass is 16.5. The molecule has 0 bridgehead atoms. The minimum absolute atomic E-state index is 0.840. The Morgan fingerprint density at radius 1 is 1.38 bits per heavy atom. The van der Waals surface area contributed by atoms with E-state index in [1.165, 1.54) is 32.1 Å². The Balaban J connectivity index is 2.26. The summed E-state index contributed by atoms with van der Waals surface area (Å²) in [6.45, 7) is 2.08. The zero-order valence-corrected chi connectivity index (χ0v) is 9.01. The molecule has 1 saturated carbocycles. The Morgan fingerprint density at radius 3 is 2.62 bits per heavy atom. The van der Waals surface area contributed by atoms with Gasteiger partial charge in [-0.05, 0) is 31.8 Å². The van der Waals surface area contributed by atoms with Crippen LogP contribution in [0.2, 0.25) is 0 Å². The van der Waals surface area contributed by atoms with Crippen LogP contribution in [0.4, 0.5) is 0 Å². The predicted molar refractivity (Wildman–Crippen MR) is 55.9 cm³/mol. The van der Waals surface area contributed by atoms with E-state index in [9.17, 15) is 0 Å². The average molecular weight is 185 g/mol. The van der Waals surface area contributed by atoms with Crippen LogP contribution in [0.1, 0.15) is 32.1 Å². The summed E-state index contributed by atoms with van der Waals surface area (Å²) in [5.41, 5.74) is 0. The van der Waals surface area contributed by atoms with Gasteiger partial charge in [0, 0.05) is 13.7 Å². The van der Waals surface area contributed by atoms with E-state index in [1.807, 2.05) is 0 Å². The quantitative estimate of drug-likeness (QED) is 0.684. The summed E-state index contributed by atoms with van der Waals surface area (Å²) < 4.78 is 5.15. The molecule has 1 aliphatic rings. The largest absolute Gasteiger partial charge is 0.385 e. The number of nitrogens with one attached hydrogen (secondary N) is 1. The molecular weight excluding hydrogens is 162 g/mol. The van der Waals surface area contributed by atoms with E-state index in [2.05, 4.69) is 12.4 Å². The minimum Gasteiger partial charge on any atom is -0.385 e. The zero-order chi connectivity index (χ0) is 9.52. The van der Waals surface area contributed by atoms with E-state index in [4.69, 9.17) is 4.74 Å². The number of hydrogen-bond acceptors (Lipinski definition) is 2. The normalized spacial score (nSPS) is 20.8. The van der Waals surface area contributed by atoms with Crippen molar-refractivity contribution in [3.8, 4) is 0 Å².